The molecule has 25 rings (SSSR count). The molecule has 0 atom stereocenters. The molecule has 0 N–H and O–H groups in total. The summed E-state index contributed by atoms with van der Waals surface area (Å²) in [6, 6.07) is 119. The van der Waals surface area contributed by atoms with E-state index in [1.807, 2.05) is 0 Å². The Kier molecular flexibility index (Phi) is 11.8. The molecule has 112 heavy (non-hydrogen) atoms. The van der Waals surface area contributed by atoms with Gasteiger partial charge in [-0.15, -0.1) is 0 Å². The van der Waals surface area contributed by atoms with E-state index in [-0.39, 0.29) is 21.7 Å². The van der Waals surface area contributed by atoms with E-state index >= 15 is 0 Å². The van der Waals surface area contributed by atoms with Crippen LogP contribution in [-0.4, -0.2) is 16.1 Å². The lowest BCUT2D eigenvalue weighted by Crippen LogP contribution is -2.77. The van der Waals surface area contributed by atoms with Crippen molar-refractivity contribution in [2.45, 2.75) is 90.1 Å². The first-order chi connectivity index (χ1) is 54.4. The van der Waals surface area contributed by atoms with Crippen LogP contribution in [0.4, 0.5) is 102 Å². The lowest BCUT2D eigenvalue weighted by atomic mass is 9.82. The average Bonchev–Trinajstić information content (AvgIpc) is 0.918. The number of hydrogen-bond acceptors (Lipinski definition) is 6. The van der Waals surface area contributed by atoms with Crippen molar-refractivity contribution in [1.29, 1.82) is 0 Å². The molecule has 0 unspecified atom stereocenters. The Labute approximate surface area is 657 Å². The number of hydrogen-bond donors (Lipinski definition) is 0. The van der Waals surface area contributed by atoms with Crippen LogP contribution in [0.1, 0.15) is 99.9 Å². The Hall–Kier alpha value is -12.5. The molecule has 0 aromatic heterocycles. The maximum Gasteiger partial charge on any atom is 0.161 e. The Balaban J connectivity index is 0.915. The van der Waals surface area contributed by atoms with Gasteiger partial charge >= 0.3 is 0 Å². The third kappa shape index (κ3) is 7.35. The van der Waals surface area contributed by atoms with Gasteiger partial charge in [0.25, 0.3) is 0 Å². The average molecular weight is 1470 g/mol. The summed E-state index contributed by atoms with van der Waals surface area (Å²) in [5, 5.41) is 8.56. The van der Waals surface area contributed by atoms with Gasteiger partial charge < -0.3 is 29.4 Å². The molecule has 10 aliphatic rings. The first-order valence-electron chi connectivity index (χ1n) is 40.1. The van der Waals surface area contributed by atoms with Gasteiger partial charge in [-0.1, -0.05) is 250 Å². The van der Waals surface area contributed by atoms with Crippen molar-refractivity contribution in [3.05, 3.63) is 348 Å². The zero-order valence-electron chi connectivity index (χ0n) is 64.6. The second kappa shape index (κ2) is 20.9. The summed E-state index contributed by atoms with van der Waals surface area (Å²) >= 11 is 0. The molecule has 0 bridgehead atoms. The normalized spacial score (nSPS) is 17.3. The lowest BCUT2D eigenvalue weighted by Gasteiger charge is -2.60. The summed E-state index contributed by atoms with van der Waals surface area (Å²) < 4.78 is 0. The minimum Gasteiger partial charge on any atom is -0.311 e. The first-order valence-corrected chi connectivity index (χ1v) is 45.1. The zero-order valence-corrected chi connectivity index (χ0v) is 66.6. The standard InChI is InChI=1S/C104H80N6Si2/c1-101(2)75-37-21-17-33-67(75)71-53-49-63(57-79(71)101)107-87-45-25-41-83-95(87)111(9)96-84(105(83)61-29-13-11-14-30-61)42-27-47-89(96)109(65-51-55-73-69-35-19-23-39-77(69)103(5,6)81(73)59-65)93-94-100-92(91(107)99(93)111)108(64-50-54-72-68-34-18-22-38-76(68)102(3,4)80(72)58-64)88-46-26-43-85-97(88)112(100,10)98-86(106(85)62-31-15-12-16-32-62)44-28-48-90(98)110(94)66-52-56-74-70-36-20-24-40-78(70)104(7,8)82(74)60-66/h11-60H,1-10H3. The topological polar surface area (TPSA) is 19.4 Å². The van der Waals surface area contributed by atoms with E-state index < -0.39 is 16.1 Å². The molecular weight excluding hydrogens is 1390 g/mol. The van der Waals surface area contributed by atoms with E-state index in [9.17, 15) is 0 Å². The summed E-state index contributed by atoms with van der Waals surface area (Å²) in [4.78, 5) is 16.7. The van der Waals surface area contributed by atoms with Crippen molar-refractivity contribution in [3.63, 3.8) is 0 Å². The van der Waals surface area contributed by atoms with Gasteiger partial charge in [-0.2, -0.15) is 0 Å². The van der Waals surface area contributed by atoms with Crippen LogP contribution < -0.4 is 60.5 Å². The highest BCUT2D eigenvalue weighted by atomic mass is 28.3. The maximum absolute atomic E-state index is 3.50. The molecule has 8 heteroatoms. The third-order valence-electron chi connectivity index (χ3n) is 28.6. The predicted octanol–water partition coefficient (Wildman–Crippen LogP) is 23.8. The quantitative estimate of drug-likeness (QED) is 0.153. The summed E-state index contributed by atoms with van der Waals surface area (Å²) in [6.07, 6.45) is 0. The van der Waals surface area contributed by atoms with E-state index in [0.717, 1.165) is 34.1 Å². The number of para-hydroxylation sites is 2. The molecule has 534 valence electrons. The summed E-state index contributed by atoms with van der Waals surface area (Å²) in [6.45, 7) is 25.3. The number of rotatable bonds is 6. The molecule has 0 spiro atoms. The molecular formula is C104H80N6Si2. The van der Waals surface area contributed by atoms with Crippen LogP contribution in [0.3, 0.4) is 0 Å². The molecule has 0 saturated carbocycles. The highest BCUT2D eigenvalue weighted by Gasteiger charge is 2.64. The van der Waals surface area contributed by atoms with E-state index in [4.69, 9.17) is 0 Å². The molecule has 0 saturated heterocycles. The summed E-state index contributed by atoms with van der Waals surface area (Å²) in [7, 11) is -6.99. The van der Waals surface area contributed by atoms with Gasteiger partial charge in [-0.25, -0.2) is 0 Å². The molecule has 15 aromatic carbocycles. The molecule has 6 nitrogen and oxygen atoms in total. The minimum absolute atomic E-state index is 0.300. The van der Waals surface area contributed by atoms with E-state index in [1.54, 1.807) is 0 Å². The van der Waals surface area contributed by atoms with E-state index in [2.05, 4.69) is 401 Å². The Morgan fingerprint density at radius 1 is 0.179 bits per heavy atom. The molecule has 6 heterocycles. The number of fused-ring (bicyclic) bond motifs is 14. The van der Waals surface area contributed by atoms with Gasteiger partial charge in [0.15, 0.2) is 16.1 Å². The maximum atomic E-state index is 2.86. The summed E-state index contributed by atoms with van der Waals surface area (Å²) in [5.74, 6) is 0. The van der Waals surface area contributed by atoms with E-state index in [0.29, 0.717) is 0 Å². The van der Waals surface area contributed by atoms with Crippen LogP contribution in [0.15, 0.2) is 303 Å². The van der Waals surface area contributed by atoms with Gasteiger partial charge in [0.05, 0.1) is 22.7 Å². The van der Waals surface area contributed by atoms with Crippen LogP contribution in [0.25, 0.3) is 44.5 Å². The minimum atomic E-state index is -3.50. The predicted molar refractivity (Wildman–Crippen MR) is 473 cm³/mol. The SMILES string of the molecule is CC1(C)c2ccccc2-c2ccc(N3c4cccc5c4[Si]4(C)c6c(cccc6N(c6ccc7c(c6)C(C)(C)c6ccccc6-7)c6c7c8c(c3c64)N(c3ccc4c(c3)C(C)(C)c3ccccc3-4)c3cccc4c3[Si]8(C)c3c(cccc3N7c3ccc6c(c3)C(C)(C)c3ccccc3-6)N4c3ccccc3)N5c3ccccc3)cc21. The van der Waals surface area contributed by atoms with Crippen molar-refractivity contribution < 1.29 is 0 Å². The fourth-order valence-electron chi connectivity index (χ4n) is 23.8. The monoisotopic (exact) mass is 1470 g/mol. The van der Waals surface area contributed by atoms with Gasteiger partial charge in [0, 0.05) is 112 Å². The molecule has 0 fully saturated rings. The zero-order chi connectivity index (χ0) is 74.9. The molecule has 4 aliphatic carbocycles. The molecule has 0 radical (unpaired) electrons. The number of benzene rings is 15. The number of nitrogens with zero attached hydrogens (tertiary/aromatic N) is 6. The van der Waals surface area contributed by atoms with Crippen LogP contribution >= 0.6 is 0 Å². The van der Waals surface area contributed by atoms with Crippen molar-refractivity contribution in [2.24, 2.45) is 0 Å². The number of anilines is 18. The third-order valence-corrected chi connectivity index (χ3v) is 37.6. The van der Waals surface area contributed by atoms with Gasteiger partial charge in [0.1, 0.15) is 0 Å². The largest absolute Gasteiger partial charge is 0.311 e. The van der Waals surface area contributed by atoms with E-state index in [1.165, 1.54) is 188 Å². The second-order valence-corrected chi connectivity index (χ2v) is 42.9. The summed E-state index contributed by atoms with van der Waals surface area (Å²) in [5.41, 5.74) is 42.1. The first kappa shape index (κ1) is 63.3. The highest BCUT2D eigenvalue weighted by Crippen LogP contribution is 2.66. The molecule has 0 amide bonds. The molecule has 15 aromatic rings. The Morgan fingerprint density at radius 2 is 0.384 bits per heavy atom. The van der Waals surface area contributed by atoms with Gasteiger partial charge in [-0.3, -0.25) is 0 Å². The van der Waals surface area contributed by atoms with Gasteiger partial charge in [-0.05, 0) is 231 Å². The highest BCUT2D eigenvalue weighted by molar-refractivity contribution is 7.19. The van der Waals surface area contributed by atoms with Crippen LogP contribution in [0.2, 0.25) is 13.1 Å². The van der Waals surface area contributed by atoms with Crippen molar-refractivity contribution in [3.8, 4) is 44.5 Å². The van der Waals surface area contributed by atoms with Crippen LogP contribution in [0, 0.1) is 0 Å². The Bertz CT molecular complexity index is 6090. The van der Waals surface area contributed by atoms with Gasteiger partial charge in [0.2, 0.25) is 0 Å². The van der Waals surface area contributed by atoms with Crippen LogP contribution in [0.5, 0.6) is 0 Å². The molecule has 6 aliphatic heterocycles. The van der Waals surface area contributed by atoms with Crippen molar-refractivity contribution in [1.82, 2.24) is 0 Å². The van der Waals surface area contributed by atoms with Crippen molar-refractivity contribution in [2.75, 3.05) is 29.4 Å². The van der Waals surface area contributed by atoms with Crippen LogP contribution in [-0.2, 0) is 21.7 Å². The fourth-order valence-corrected chi connectivity index (χ4v) is 33.7. The Morgan fingerprint density at radius 3 is 0.625 bits per heavy atom. The lowest BCUT2D eigenvalue weighted by molar-refractivity contribution is 0.660. The smallest absolute Gasteiger partial charge is 0.161 e. The fraction of sp³-hybridized carbons (Fsp3) is 0.135. The second-order valence-electron chi connectivity index (χ2n) is 35.4. The van der Waals surface area contributed by atoms with Crippen molar-refractivity contribution >= 4 is 150 Å².